The SMILES string of the molecule is CC(CNSC(F)(F)F)OC(=O)CCC1CC2CCCC(C2)C1. The topological polar surface area (TPSA) is 38.3 Å². The molecule has 0 spiro atoms. The van der Waals surface area contributed by atoms with Crippen LogP contribution in [0, 0.1) is 17.8 Å². The van der Waals surface area contributed by atoms with Crippen LogP contribution in [0.1, 0.15) is 58.3 Å². The summed E-state index contributed by atoms with van der Waals surface area (Å²) in [5.74, 6) is 1.99. The van der Waals surface area contributed by atoms with E-state index in [0.717, 1.165) is 18.3 Å². The molecule has 1 N–H and O–H groups in total. The van der Waals surface area contributed by atoms with Gasteiger partial charge in [0.25, 0.3) is 0 Å². The van der Waals surface area contributed by atoms with Crippen LogP contribution in [0.25, 0.3) is 0 Å². The maximum Gasteiger partial charge on any atom is 0.456 e. The molecule has 2 aliphatic carbocycles. The minimum absolute atomic E-state index is 0.0104. The number of hydrogen-bond acceptors (Lipinski definition) is 4. The van der Waals surface area contributed by atoms with Crippen molar-refractivity contribution in [2.75, 3.05) is 6.54 Å². The van der Waals surface area contributed by atoms with Gasteiger partial charge in [-0.05, 0) is 50.4 Å². The summed E-state index contributed by atoms with van der Waals surface area (Å²) in [7, 11) is 0. The van der Waals surface area contributed by atoms with Crippen molar-refractivity contribution in [1.82, 2.24) is 4.72 Å². The molecular weight excluding hydrogens is 327 g/mol. The Morgan fingerprint density at radius 3 is 2.52 bits per heavy atom. The van der Waals surface area contributed by atoms with Crippen molar-refractivity contribution in [2.24, 2.45) is 17.8 Å². The zero-order valence-electron chi connectivity index (χ0n) is 13.5. The monoisotopic (exact) mass is 353 g/mol. The highest BCUT2D eigenvalue weighted by atomic mass is 32.2. The highest BCUT2D eigenvalue weighted by Crippen LogP contribution is 2.43. The molecule has 2 fully saturated rings. The van der Waals surface area contributed by atoms with Crippen LogP contribution in [-0.4, -0.2) is 24.1 Å². The fourth-order valence-electron chi connectivity index (χ4n) is 3.99. The largest absolute Gasteiger partial charge is 0.461 e. The smallest absolute Gasteiger partial charge is 0.456 e. The van der Waals surface area contributed by atoms with Gasteiger partial charge in [-0.1, -0.05) is 19.3 Å². The van der Waals surface area contributed by atoms with Gasteiger partial charge in [-0.2, -0.15) is 13.2 Å². The first-order valence-electron chi connectivity index (χ1n) is 8.49. The molecule has 134 valence electrons. The van der Waals surface area contributed by atoms with E-state index < -0.39 is 11.6 Å². The van der Waals surface area contributed by atoms with Gasteiger partial charge in [0.15, 0.2) is 0 Å². The van der Waals surface area contributed by atoms with E-state index in [1.165, 1.54) is 38.5 Å². The van der Waals surface area contributed by atoms with E-state index >= 15 is 0 Å². The number of rotatable bonds is 7. The number of alkyl halides is 3. The highest BCUT2D eigenvalue weighted by Gasteiger charge is 2.32. The number of carbonyl (C=O) groups is 1. The third-order valence-corrected chi connectivity index (χ3v) is 5.42. The predicted molar refractivity (Wildman–Crippen MR) is 84.6 cm³/mol. The Morgan fingerprint density at radius 1 is 1.26 bits per heavy atom. The molecule has 0 saturated heterocycles. The van der Waals surface area contributed by atoms with Crippen LogP contribution in [-0.2, 0) is 9.53 Å². The first kappa shape index (κ1) is 18.9. The Labute approximate surface area is 140 Å². The fraction of sp³-hybridized carbons (Fsp3) is 0.938. The van der Waals surface area contributed by atoms with Crippen molar-refractivity contribution in [3.8, 4) is 0 Å². The van der Waals surface area contributed by atoms with Crippen molar-refractivity contribution in [3.63, 3.8) is 0 Å². The Morgan fingerprint density at radius 2 is 1.91 bits per heavy atom. The van der Waals surface area contributed by atoms with E-state index in [1.807, 2.05) is 0 Å². The van der Waals surface area contributed by atoms with Gasteiger partial charge in [0.2, 0.25) is 0 Å². The zero-order chi connectivity index (χ0) is 16.9. The van der Waals surface area contributed by atoms with Crippen molar-refractivity contribution < 1.29 is 22.7 Å². The second-order valence-corrected chi connectivity index (χ2v) is 7.93. The number of fused-ring (bicyclic) bond motifs is 2. The summed E-state index contributed by atoms with van der Waals surface area (Å²) in [5, 5.41) is 0. The number of esters is 1. The van der Waals surface area contributed by atoms with Crippen molar-refractivity contribution in [3.05, 3.63) is 0 Å². The lowest BCUT2D eigenvalue weighted by Gasteiger charge is -2.39. The average Bonchev–Trinajstić information content (AvgIpc) is 2.43. The van der Waals surface area contributed by atoms with Crippen molar-refractivity contribution in [2.45, 2.75) is 69.9 Å². The van der Waals surface area contributed by atoms with Crippen LogP contribution in [0.3, 0.4) is 0 Å². The Balaban J connectivity index is 1.59. The summed E-state index contributed by atoms with van der Waals surface area (Å²) in [6, 6.07) is 0. The lowest BCUT2D eigenvalue weighted by atomic mass is 9.67. The lowest BCUT2D eigenvalue weighted by Crippen LogP contribution is -2.29. The summed E-state index contributed by atoms with van der Waals surface area (Å²) in [6.07, 6.45) is 8.50. The van der Waals surface area contributed by atoms with Crippen LogP contribution in [0.4, 0.5) is 13.2 Å². The zero-order valence-corrected chi connectivity index (χ0v) is 14.3. The second kappa shape index (κ2) is 8.60. The average molecular weight is 353 g/mol. The van der Waals surface area contributed by atoms with Crippen LogP contribution in [0.5, 0.6) is 0 Å². The van der Waals surface area contributed by atoms with Gasteiger partial charge in [-0.25, -0.2) is 0 Å². The minimum Gasteiger partial charge on any atom is -0.461 e. The first-order chi connectivity index (χ1) is 10.8. The summed E-state index contributed by atoms with van der Waals surface area (Å²) >= 11 is -0.307. The van der Waals surface area contributed by atoms with Crippen molar-refractivity contribution in [1.29, 1.82) is 0 Å². The fourth-order valence-corrected chi connectivity index (χ4v) is 4.47. The molecule has 3 nitrogen and oxygen atoms in total. The molecule has 7 heteroatoms. The molecule has 2 rings (SSSR count). The Bertz CT molecular complexity index is 380. The maximum atomic E-state index is 12.0. The molecule has 0 amide bonds. The van der Waals surface area contributed by atoms with E-state index in [0.29, 0.717) is 12.3 Å². The first-order valence-corrected chi connectivity index (χ1v) is 9.30. The minimum atomic E-state index is -4.32. The number of halogens is 3. The molecule has 2 saturated carbocycles. The van der Waals surface area contributed by atoms with Gasteiger partial charge in [-0.3, -0.25) is 9.52 Å². The molecule has 2 aliphatic rings. The molecule has 0 aliphatic heterocycles. The number of hydrogen-bond donors (Lipinski definition) is 1. The Kier molecular flexibility index (Phi) is 7.07. The predicted octanol–water partition coefficient (Wildman–Crippen LogP) is 4.67. The third kappa shape index (κ3) is 7.33. The Hall–Kier alpha value is -0.430. The van der Waals surface area contributed by atoms with Crippen LogP contribution in [0.2, 0.25) is 0 Å². The molecule has 3 unspecified atom stereocenters. The second-order valence-electron chi connectivity index (χ2n) is 6.97. The van der Waals surface area contributed by atoms with Gasteiger partial charge in [0.05, 0.1) is 0 Å². The highest BCUT2D eigenvalue weighted by molar-refractivity contribution is 7.98. The van der Waals surface area contributed by atoms with Crippen LogP contribution < -0.4 is 4.72 Å². The molecule has 0 aromatic heterocycles. The number of ether oxygens (including phenoxy) is 1. The summed E-state index contributed by atoms with van der Waals surface area (Å²) in [6.45, 7) is 1.59. The van der Waals surface area contributed by atoms with Crippen LogP contribution in [0.15, 0.2) is 0 Å². The standard InChI is InChI=1S/C16H26F3NO2S/c1-11(10-20-23-16(17,18)19)22-15(21)6-5-14-8-12-3-2-4-13(7-12)9-14/h11-14,20H,2-10H2,1H3. The summed E-state index contributed by atoms with van der Waals surface area (Å²) in [5.41, 5.74) is -4.32. The van der Waals surface area contributed by atoms with Gasteiger partial charge >= 0.3 is 11.5 Å². The molecule has 0 radical (unpaired) electrons. The molecule has 23 heavy (non-hydrogen) atoms. The number of nitrogens with one attached hydrogen (secondary N) is 1. The molecule has 3 atom stereocenters. The van der Waals surface area contributed by atoms with Gasteiger partial charge in [0.1, 0.15) is 6.10 Å². The molecule has 0 aromatic rings. The molecule has 0 heterocycles. The quantitative estimate of drug-likeness (QED) is 0.533. The molecular formula is C16H26F3NO2S. The normalized spacial score (nSPS) is 29.1. The summed E-state index contributed by atoms with van der Waals surface area (Å²) < 4.78 is 43.3. The maximum absolute atomic E-state index is 12.0. The van der Waals surface area contributed by atoms with E-state index in [1.54, 1.807) is 6.92 Å². The van der Waals surface area contributed by atoms with Crippen molar-refractivity contribution >= 4 is 17.9 Å². The lowest BCUT2D eigenvalue weighted by molar-refractivity contribution is -0.148. The molecule has 2 bridgehead atoms. The van der Waals surface area contributed by atoms with Gasteiger partial charge < -0.3 is 4.74 Å². The van der Waals surface area contributed by atoms with E-state index in [9.17, 15) is 18.0 Å². The van der Waals surface area contributed by atoms with Gasteiger partial charge in [0, 0.05) is 24.9 Å². The molecule has 0 aromatic carbocycles. The van der Waals surface area contributed by atoms with Gasteiger partial charge in [-0.15, -0.1) is 0 Å². The van der Waals surface area contributed by atoms with E-state index in [-0.39, 0.29) is 24.5 Å². The van der Waals surface area contributed by atoms with E-state index in [2.05, 4.69) is 4.72 Å². The number of carbonyl (C=O) groups excluding carboxylic acids is 1. The third-order valence-electron chi connectivity index (χ3n) is 4.87. The van der Waals surface area contributed by atoms with E-state index in [4.69, 9.17) is 4.74 Å². The summed E-state index contributed by atoms with van der Waals surface area (Å²) in [4.78, 5) is 11.8. The van der Waals surface area contributed by atoms with Crippen LogP contribution >= 0.6 is 11.9 Å².